The Hall–Kier alpha value is -0.570. The minimum absolute atomic E-state index is 0.0208. The van der Waals surface area contributed by atoms with E-state index in [-0.39, 0.29) is 12.0 Å². The average molecular weight is 145 g/mol. The topological polar surface area (TPSA) is 38.3 Å². The smallest absolute Gasteiger partial charge is 0.249 e. The van der Waals surface area contributed by atoms with Crippen molar-refractivity contribution in [2.75, 3.05) is 13.7 Å². The van der Waals surface area contributed by atoms with E-state index >= 15 is 0 Å². The van der Waals surface area contributed by atoms with Gasteiger partial charge in [0.15, 0.2) is 0 Å². The molecule has 1 fully saturated rings. The Morgan fingerprint density at radius 2 is 2.20 bits per heavy atom. The van der Waals surface area contributed by atoms with Gasteiger partial charge in [0.2, 0.25) is 5.91 Å². The van der Waals surface area contributed by atoms with Gasteiger partial charge in [0, 0.05) is 13.7 Å². The van der Waals surface area contributed by atoms with Crippen molar-refractivity contribution in [2.45, 2.75) is 26.4 Å². The molecule has 0 aromatic rings. The Bertz CT molecular complexity index is 104. The zero-order valence-electron chi connectivity index (χ0n) is 6.81. The lowest BCUT2D eigenvalue weighted by molar-refractivity contribution is -0.127. The molecule has 1 unspecified atom stereocenters. The number of carbonyl (C=O) groups is 1. The van der Waals surface area contributed by atoms with Crippen molar-refractivity contribution >= 4 is 5.91 Å². The van der Waals surface area contributed by atoms with Crippen LogP contribution in [0.1, 0.15) is 20.3 Å². The molecule has 10 heavy (non-hydrogen) atoms. The van der Waals surface area contributed by atoms with E-state index < -0.39 is 0 Å². The van der Waals surface area contributed by atoms with Gasteiger partial charge in [-0.1, -0.05) is 13.8 Å². The van der Waals surface area contributed by atoms with E-state index in [1.54, 1.807) is 7.11 Å². The molecule has 1 aliphatic heterocycles. The van der Waals surface area contributed by atoms with Gasteiger partial charge in [-0.3, -0.25) is 4.79 Å². The Labute approximate surface area is 61.8 Å². The maximum absolute atomic E-state index is 10.6. The minimum atomic E-state index is -0.185. The Morgan fingerprint density at radius 1 is 1.60 bits per heavy atom. The van der Waals surface area contributed by atoms with E-state index in [9.17, 15) is 4.79 Å². The van der Waals surface area contributed by atoms with Gasteiger partial charge >= 0.3 is 0 Å². The third-order valence-corrected chi connectivity index (χ3v) is 1.28. The van der Waals surface area contributed by atoms with Crippen LogP contribution in [0.25, 0.3) is 0 Å². The largest absolute Gasteiger partial charge is 0.372 e. The van der Waals surface area contributed by atoms with Gasteiger partial charge in [0.05, 0.1) is 0 Å². The van der Waals surface area contributed by atoms with Crippen LogP contribution >= 0.6 is 0 Å². The fourth-order valence-corrected chi connectivity index (χ4v) is 0.796. The summed E-state index contributed by atoms with van der Waals surface area (Å²) in [5, 5.41) is 2.66. The summed E-state index contributed by atoms with van der Waals surface area (Å²) >= 11 is 0. The molecule has 1 saturated heterocycles. The van der Waals surface area contributed by atoms with E-state index in [0.29, 0.717) is 0 Å². The van der Waals surface area contributed by atoms with Gasteiger partial charge in [-0.05, 0) is 6.42 Å². The lowest BCUT2D eigenvalue weighted by atomic mass is 10.3. The number of hydrogen-bond donors (Lipinski definition) is 1. The van der Waals surface area contributed by atoms with Gasteiger partial charge in [0.25, 0.3) is 0 Å². The number of nitrogens with one attached hydrogen (secondary N) is 1. The lowest BCUT2D eigenvalue weighted by Gasteiger charge is -1.99. The highest BCUT2D eigenvalue weighted by atomic mass is 16.5. The third-order valence-electron chi connectivity index (χ3n) is 1.28. The molecule has 3 heteroatoms. The molecule has 0 aromatic carbocycles. The molecule has 0 saturated carbocycles. The Balaban J connectivity index is 0.000000371. The fourth-order valence-electron chi connectivity index (χ4n) is 0.796. The highest BCUT2D eigenvalue weighted by Gasteiger charge is 2.22. The summed E-state index contributed by atoms with van der Waals surface area (Å²) in [5.74, 6) is 0.0208. The summed E-state index contributed by atoms with van der Waals surface area (Å²) in [4.78, 5) is 10.6. The van der Waals surface area contributed by atoms with Gasteiger partial charge in [-0.25, -0.2) is 0 Å². The summed E-state index contributed by atoms with van der Waals surface area (Å²) in [6.45, 7) is 4.76. The van der Waals surface area contributed by atoms with Crippen LogP contribution in [0, 0.1) is 0 Å². The molecule has 1 atom stereocenters. The monoisotopic (exact) mass is 145 g/mol. The molecule has 1 aliphatic rings. The zero-order chi connectivity index (χ0) is 7.98. The first-order chi connectivity index (χ1) is 4.84. The number of hydrogen-bond acceptors (Lipinski definition) is 2. The van der Waals surface area contributed by atoms with Crippen LogP contribution in [0.2, 0.25) is 0 Å². The number of ether oxygens (including phenoxy) is 1. The Morgan fingerprint density at radius 3 is 2.40 bits per heavy atom. The van der Waals surface area contributed by atoms with E-state index in [4.69, 9.17) is 4.74 Å². The van der Waals surface area contributed by atoms with Crippen molar-refractivity contribution in [2.24, 2.45) is 0 Å². The summed E-state index contributed by atoms with van der Waals surface area (Å²) in [6, 6.07) is 0. The second-order valence-corrected chi connectivity index (χ2v) is 1.80. The first kappa shape index (κ1) is 9.43. The number of methoxy groups -OCH3 is 1. The van der Waals surface area contributed by atoms with Gasteiger partial charge in [-0.15, -0.1) is 0 Å². The number of rotatable bonds is 1. The second kappa shape index (κ2) is 5.23. The highest BCUT2D eigenvalue weighted by Crippen LogP contribution is 2.01. The van der Waals surface area contributed by atoms with E-state index in [0.717, 1.165) is 13.0 Å². The molecule has 0 radical (unpaired) electrons. The second-order valence-electron chi connectivity index (χ2n) is 1.80. The molecule has 0 aromatic heterocycles. The van der Waals surface area contributed by atoms with Crippen LogP contribution in [0.4, 0.5) is 0 Å². The van der Waals surface area contributed by atoms with Gasteiger partial charge in [-0.2, -0.15) is 0 Å². The van der Waals surface area contributed by atoms with Crippen LogP contribution in [0.5, 0.6) is 0 Å². The molecule has 0 aliphatic carbocycles. The number of carbonyl (C=O) groups excluding carboxylic acids is 1. The van der Waals surface area contributed by atoms with Crippen LogP contribution in [-0.4, -0.2) is 25.7 Å². The van der Waals surface area contributed by atoms with Crippen molar-refractivity contribution in [3.05, 3.63) is 0 Å². The molecule has 1 N–H and O–H groups in total. The fraction of sp³-hybridized carbons (Fsp3) is 0.857. The minimum Gasteiger partial charge on any atom is -0.372 e. The van der Waals surface area contributed by atoms with Crippen LogP contribution in [-0.2, 0) is 9.53 Å². The van der Waals surface area contributed by atoms with Crippen molar-refractivity contribution in [3.8, 4) is 0 Å². The van der Waals surface area contributed by atoms with Crippen molar-refractivity contribution in [3.63, 3.8) is 0 Å². The van der Waals surface area contributed by atoms with Crippen molar-refractivity contribution < 1.29 is 9.53 Å². The molecular formula is C7H15NO2. The first-order valence-corrected chi connectivity index (χ1v) is 3.65. The third kappa shape index (κ3) is 2.35. The highest BCUT2D eigenvalue weighted by molar-refractivity contribution is 5.82. The molecular weight excluding hydrogens is 130 g/mol. The SMILES string of the molecule is CC.COC1CCNC1=O. The predicted octanol–water partition coefficient (Wildman–Crippen LogP) is 0.547. The maximum atomic E-state index is 10.6. The lowest BCUT2D eigenvalue weighted by Crippen LogP contribution is -2.23. The van der Waals surface area contributed by atoms with Crippen molar-refractivity contribution in [1.82, 2.24) is 5.32 Å². The normalized spacial score (nSPS) is 23.1. The summed E-state index contributed by atoms with van der Waals surface area (Å²) < 4.78 is 4.81. The van der Waals surface area contributed by atoms with E-state index in [2.05, 4.69) is 5.32 Å². The van der Waals surface area contributed by atoms with Crippen LogP contribution in [0.15, 0.2) is 0 Å². The Kier molecular flexibility index (Phi) is 4.94. The maximum Gasteiger partial charge on any atom is 0.249 e. The average Bonchev–Trinajstić information content (AvgIpc) is 2.39. The summed E-state index contributed by atoms with van der Waals surface area (Å²) in [7, 11) is 1.55. The van der Waals surface area contributed by atoms with Crippen LogP contribution in [0.3, 0.4) is 0 Å². The van der Waals surface area contributed by atoms with E-state index in [1.807, 2.05) is 13.8 Å². The van der Waals surface area contributed by atoms with Gasteiger partial charge < -0.3 is 10.1 Å². The van der Waals surface area contributed by atoms with Crippen LogP contribution < -0.4 is 5.32 Å². The summed E-state index contributed by atoms with van der Waals surface area (Å²) in [6.07, 6.45) is 0.630. The standard InChI is InChI=1S/C5H9NO2.C2H6/c1-8-4-2-3-6-5(4)7;1-2/h4H,2-3H2,1H3,(H,6,7);1-2H3. The first-order valence-electron chi connectivity index (χ1n) is 3.65. The summed E-state index contributed by atoms with van der Waals surface area (Å²) in [5.41, 5.74) is 0. The predicted molar refractivity (Wildman–Crippen MR) is 39.8 cm³/mol. The quantitative estimate of drug-likeness (QED) is 0.585. The molecule has 1 amide bonds. The van der Waals surface area contributed by atoms with E-state index in [1.165, 1.54) is 0 Å². The molecule has 1 rings (SSSR count). The molecule has 3 nitrogen and oxygen atoms in total. The molecule has 0 spiro atoms. The molecule has 60 valence electrons. The molecule has 1 heterocycles. The number of amides is 1. The zero-order valence-corrected chi connectivity index (χ0v) is 6.81. The van der Waals surface area contributed by atoms with Gasteiger partial charge in [0.1, 0.15) is 6.10 Å². The van der Waals surface area contributed by atoms with Crippen molar-refractivity contribution in [1.29, 1.82) is 0 Å². The molecule has 0 bridgehead atoms.